The highest BCUT2D eigenvalue weighted by Gasteiger charge is 2.30. The van der Waals surface area contributed by atoms with Gasteiger partial charge in [-0.3, -0.25) is 14.2 Å². The fourth-order valence-electron chi connectivity index (χ4n) is 3.99. The van der Waals surface area contributed by atoms with Crippen molar-refractivity contribution in [1.29, 1.82) is 0 Å². The second kappa shape index (κ2) is 8.19. The van der Waals surface area contributed by atoms with Crippen molar-refractivity contribution in [2.24, 2.45) is 0 Å². The fourth-order valence-corrected chi connectivity index (χ4v) is 3.99. The van der Waals surface area contributed by atoms with E-state index in [-0.39, 0.29) is 30.0 Å². The minimum Gasteiger partial charge on any atom is -0.344 e. The highest BCUT2D eigenvalue weighted by Crippen LogP contribution is 2.39. The van der Waals surface area contributed by atoms with E-state index in [1.165, 1.54) is 0 Å². The van der Waals surface area contributed by atoms with Gasteiger partial charge in [-0.15, -0.1) is 0 Å². The third-order valence-corrected chi connectivity index (χ3v) is 5.71. The molecular formula is C26H23N3O2. The first kappa shape index (κ1) is 19.2. The Bertz CT molecular complexity index is 1240. The number of amides is 1. The fraction of sp³-hybridized carbons (Fsp3) is 0.192. The molecule has 1 amide bonds. The summed E-state index contributed by atoms with van der Waals surface area (Å²) in [7, 11) is 0. The van der Waals surface area contributed by atoms with Crippen LogP contribution in [0, 0.1) is 0 Å². The van der Waals surface area contributed by atoms with Crippen LogP contribution in [0.2, 0.25) is 0 Å². The number of nitrogens with zero attached hydrogens (tertiary/aromatic N) is 2. The Hall–Kier alpha value is -3.73. The zero-order valence-electron chi connectivity index (χ0n) is 17.1. The number of hydrogen-bond acceptors (Lipinski definition) is 3. The van der Waals surface area contributed by atoms with E-state index in [4.69, 9.17) is 4.98 Å². The number of fused-ring (bicyclic) bond motifs is 1. The molecule has 3 aromatic carbocycles. The van der Waals surface area contributed by atoms with Crippen LogP contribution in [0.15, 0.2) is 89.7 Å². The molecule has 0 spiro atoms. The van der Waals surface area contributed by atoms with Crippen molar-refractivity contribution >= 4 is 16.8 Å². The molecule has 1 N–H and O–H groups in total. The molecule has 4 aromatic rings. The molecule has 0 saturated heterocycles. The summed E-state index contributed by atoms with van der Waals surface area (Å²) in [6, 6.07) is 26.8. The summed E-state index contributed by atoms with van der Waals surface area (Å²) in [4.78, 5) is 31.1. The lowest BCUT2D eigenvalue weighted by Crippen LogP contribution is -2.36. The lowest BCUT2D eigenvalue weighted by atomic mass is 9.99. The Morgan fingerprint density at radius 2 is 1.48 bits per heavy atom. The maximum Gasteiger partial charge on any atom is 0.261 e. The predicted octanol–water partition coefficient (Wildman–Crippen LogP) is 4.18. The molecule has 5 rings (SSSR count). The molecule has 0 aliphatic heterocycles. The molecule has 0 unspecified atom stereocenters. The number of para-hydroxylation sites is 1. The normalized spacial score (nSPS) is 13.5. The monoisotopic (exact) mass is 409 g/mol. The van der Waals surface area contributed by atoms with Crippen LogP contribution in [-0.2, 0) is 11.3 Å². The molecule has 1 fully saturated rings. The molecular weight excluding hydrogens is 386 g/mol. The quantitative estimate of drug-likeness (QED) is 0.520. The van der Waals surface area contributed by atoms with E-state index in [0.29, 0.717) is 10.9 Å². The number of nitrogens with one attached hydrogen (secondary N) is 1. The van der Waals surface area contributed by atoms with Gasteiger partial charge in [-0.05, 0) is 36.1 Å². The Balaban J connectivity index is 1.48. The summed E-state index contributed by atoms with van der Waals surface area (Å²) in [6.45, 7) is -0.0430. The molecule has 1 saturated carbocycles. The SMILES string of the molecule is O=C(Cn1c(C2CC2)nc2ccccc2c1=O)NC(c1ccccc1)c1ccccc1. The van der Waals surface area contributed by atoms with Gasteiger partial charge in [0.15, 0.2) is 0 Å². The standard InChI is InChI=1S/C26H23N3O2/c30-23(28-24(18-9-3-1-4-10-18)19-11-5-2-6-12-19)17-29-25(20-15-16-20)27-22-14-8-7-13-21(22)26(29)31/h1-14,20,24H,15-17H2,(H,28,30). The maximum atomic E-state index is 13.2. The lowest BCUT2D eigenvalue weighted by molar-refractivity contribution is -0.122. The zero-order chi connectivity index (χ0) is 21.2. The molecule has 1 aliphatic carbocycles. The van der Waals surface area contributed by atoms with Gasteiger partial charge in [-0.2, -0.15) is 0 Å². The van der Waals surface area contributed by atoms with Crippen LogP contribution in [0.25, 0.3) is 10.9 Å². The summed E-state index contributed by atoms with van der Waals surface area (Å²) in [6.07, 6.45) is 2.01. The Morgan fingerprint density at radius 1 is 0.903 bits per heavy atom. The zero-order valence-corrected chi connectivity index (χ0v) is 17.1. The molecule has 1 aromatic heterocycles. The van der Waals surface area contributed by atoms with Gasteiger partial charge in [0.25, 0.3) is 5.56 Å². The largest absolute Gasteiger partial charge is 0.344 e. The second-order valence-corrected chi connectivity index (χ2v) is 7.97. The number of hydrogen-bond donors (Lipinski definition) is 1. The summed E-state index contributed by atoms with van der Waals surface area (Å²) < 4.78 is 1.56. The second-order valence-electron chi connectivity index (χ2n) is 7.97. The number of aromatic nitrogens is 2. The maximum absolute atomic E-state index is 13.2. The van der Waals surface area contributed by atoms with E-state index in [0.717, 1.165) is 29.8 Å². The molecule has 154 valence electrons. The number of carbonyl (C=O) groups excluding carboxylic acids is 1. The summed E-state index contributed by atoms with van der Waals surface area (Å²) >= 11 is 0. The Morgan fingerprint density at radius 3 is 2.10 bits per heavy atom. The molecule has 5 nitrogen and oxygen atoms in total. The van der Waals surface area contributed by atoms with E-state index >= 15 is 0 Å². The van der Waals surface area contributed by atoms with Gasteiger partial charge in [-0.1, -0.05) is 72.8 Å². The van der Waals surface area contributed by atoms with Crippen LogP contribution >= 0.6 is 0 Å². The van der Waals surface area contributed by atoms with Crippen molar-refractivity contribution in [3.63, 3.8) is 0 Å². The Kier molecular flexibility index (Phi) is 5.08. The predicted molar refractivity (Wildman–Crippen MR) is 121 cm³/mol. The number of carbonyl (C=O) groups is 1. The third kappa shape index (κ3) is 3.99. The highest BCUT2D eigenvalue weighted by molar-refractivity contribution is 5.80. The highest BCUT2D eigenvalue weighted by atomic mass is 16.2. The Labute approximate surface area is 180 Å². The van der Waals surface area contributed by atoms with Gasteiger partial charge >= 0.3 is 0 Å². The van der Waals surface area contributed by atoms with Gasteiger partial charge in [0, 0.05) is 5.92 Å². The van der Waals surface area contributed by atoms with Crippen molar-refractivity contribution in [1.82, 2.24) is 14.9 Å². The van der Waals surface area contributed by atoms with Gasteiger partial charge in [0.05, 0.1) is 16.9 Å². The van der Waals surface area contributed by atoms with Crippen LogP contribution in [-0.4, -0.2) is 15.5 Å². The van der Waals surface area contributed by atoms with Crippen LogP contribution in [0.1, 0.15) is 41.8 Å². The third-order valence-electron chi connectivity index (χ3n) is 5.71. The van der Waals surface area contributed by atoms with E-state index < -0.39 is 0 Å². The van der Waals surface area contributed by atoms with Crippen molar-refractivity contribution in [2.75, 3.05) is 0 Å². The van der Waals surface area contributed by atoms with Crippen molar-refractivity contribution in [3.05, 3.63) is 112 Å². The van der Waals surface area contributed by atoms with Gasteiger partial charge < -0.3 is 5.32 Å². The first-order valence-corrected chi connectivity index (χ1v) is 10.6. The van der Waals surface area contributed by atoms with E-state index in [1.54, 1.807) is 10.6 Å². The van der Waals surface area contributed by atoms with E-state index in [1.807, 2.05) is 78.9 Å². The molecule has 1 aliphatic rings. The van der Waals surface area contributed by atoms with Gasteiger partial charge in [-0.25, -0.2) is 4.98 Å². The first-order chi connectivity index (χ1) is 15.2. The average Bonchev–Trinajstić information content (AvgIpc) is 3.66. The summed E-state index contributed by atoms with van der Waals surface area (Å²) in [5.41, 5.74) is 2.53. The van der Waals surface area contributed by atoms with Crippen molar-refractivity contribution in [2.45, 2.75) is 31.3 Å². The minimum atomic E-state index is -0.289. The molecule has 1 heterocycles. The number of benzene rings is 3. The van der Waals surface area contributed by atoms with Gasteiger partial charge in [0.2, 0.25) is 5.91 Å². The van der Waals surface area contributed by atoms with E-state index in [9.17, 15) is 9.59 Å². The smallest absolute Gasteiger partial charge is 0.261 e. The first-order valence-electron chi connectivity index (χ1n) is 10.6. The molecule has 0 atom stereocenters. The summed E-state index contributed by atoms with van der Waals surface area (Å²) in [5.74, 6) is 0.762. The molecule has 5 heteroatoms. The molecule has 0 bridgehead atoms. The average molecular weight is 409 g/mol. The molecule has 31 heavy (non-hydrogen) atoms. The van der Waals surface area contributed by atoms with Gasteiger partial charge in [0.1, 0.15) is 12.4 Å². The summed E-state index contributed by atoms with van der Waals surface area (Å²) in [5, 5.41) is 3.68. The van der Waals surface area contributed by atoms with E-state index in [2.05, 4.69) is 5.32 Å². The topological polar surface area (TPSA) is 64.0 Å². The molecule has 0 radical (unpaired) electrons. The van der Waals surface area contributed by atoms with Crippen LogP contribution in [0.3, 0.4) is 0 Å². The van der Waals surface area contributed by atoms with Crippen molar-refractivity contribution in [3.8, 4) is 0 Å². The van der Waals surface area contributed by atoms with Crippen molar-refractivity contribution < 1.29 is 4.79 Å². The van der Waals surface area contributed by atoms with Crippen LogP contribution in [0.5, 0.6) is 0 Å². The lowest BCUT2D eigenvalue weighted by Gasteiger charge is -2.21. The van der Waals surface area contributed by atoms with Crippen LogP contribution < -0.4 is 10.9 Å². The van der Waals surface area contributed by atoms with Crippen LogP contribution in [0.4, 0.5) is 0 Å². The minimum absolute atomic E-state index is 0.0430. The number of rotatable bonds is 6.